The Morgan fingerprint density at radius 2 is 1.82 bits per heavy atom. The second-order valence-corrected chi connectivity index (χ2v) is 13.8. The molecule has 0 aliphatic carbocycles. The molecule has 2 fully saturated rings. The number of phenols is 1. The number of aromatic amines is 1. The third-order valence-corrected chi connectivity index (χ3v) is 10.6. The van der Waals surface area contributed by atoms with Crippen LogP contribution in [0.2, 0.25) is 0 Å². The number of aliphatic hydroxyl groups excluding tert-OH is 1. The molecule has 2 aromatic heterocycles. The van der Waals surface area contributed by atoms with Gasteiger partial charge >= 0.3 is 10.8 Å². The third-order valence-electron chi connectivity index (χ3n) is 8.60. The molecule has 11 nitrogen and oxygen atoms in total. The highest BCUT2D eigenvalue weighted by Gasteiger charge is 2.41. The molecule has 6 rings (SSSR count). The molecule has 5 N–H and O–H groups in total. The van der Waals surface area contributed by atoms with E-state index in [9.17, 15) is 29.7 Å². The first-order chi connectivity index (χ1) is 21.7. The second-order valence-electron chi connectivity index (χ2n) is 11.7. The van der Waals surface area contributed by atoms with E-state index in [2.05, 4.69) is 39.5 Å². The van der Waals surface area contributed by atoms with Crippen LogP contribution in [0.15, 0.2) is 53.3 Å². The van der Waals surface area contributed by atoms with E-state index in [1.54, 1.807) is 12.1 Å². The molecule has 2 aliphatic rings. The average molecular weight is 653 g/mol. The molecule has 1 amide bonds. The lowest BCUT2D eigenvalue weighted by atomic mass is 9.89. The number of amides is 1. The number of hydrogen-bond acceptors (Lipinski definition) is 10. The second kappa shape index (κ2) is 13.4. The molecule has 2 aliphatic heterocycles. The normalized spacial score (nSPS) is 17.6. The highest BCUT2D eigenvalue weighted by atomic mass is 32.1. The Bertz CT molecular complexity index is 1740. The van der Waals surface area contributed by atoms with E-state index in [1.165, 1.54) is 23.3 Å². The molecule has 1 spiro atoms. The van der Waals surface area contributed by atoms with Crippen LogP contribution in [0.4, 0.5) is 0 Å². The maximum atomic E-state index is 13.1. The van der Waals surface area contributed by atoms with Gasteiger partial charge in [-0.15, -0.1) is 11.3 Å². The Balaban J connectivity index is 0.969. The lowest BCUT2D eigenvalue weighted by Crippen LogP contribution is -2.57. The van der Waals surface area contributed by atoms with E-state index in [-0.39, 0.29) is 27.0 Å². The topological polar surface area (TPSA) is 155 Å². The third kappa shape index (κ3) is 7.13. The SMILES string of the molecule is O=C(O)c1ccc(C(=O)N2CCOC3(CCN(Cc4cccc(CCNCC(O)c5ccc(O)c6[nH]c(=O)sc56)c4)CC3)C2)s1. The Morgan fingerprint density at radius 1 is 1.04 bits per heavy atom. The van der Waals surface area contributed by atoms with Crippen LogP contribution in [0.5, 0.6) is 5.75 Å². The number of fused-ring (bicyclic) bond motifs is 1. The van der Waals surface area contributed by atoms with Gasteiger partial charge in [0, 0.05) is 38.3 Å². The standard InChI is InChI=1S/C32H36N4O7S2/c37-23-5-4-22(28-27(23)34-31(42)45-28)24(38)17-33-11-8-20-2-1-3-21(16-20)18-35-12-9-32(10-13-35)19-36(14-15-43-32)29(39)25-6-7-26(44-25)30(40)41/h1-7,16,24,33,37-38H,8-15,17-19H2,(H,34,42)(H,40,41). The monoisotopic (exact) mass is 652 g/mol. The number of hydrogen-bond donors (Lipinski definition) is 5. The van der Waals surface area contributed by atoms with Gasteiger partial charge in [0.05, 0.1) is 34.4 Å². The van der Waals surface area contributed by atoms with Gasteiger partial charge in [-0.2, -0.15) is 0 Å². The van der Waals surface area contributed by atoms with Crippen molar-refractivity contribution in [1.82, 2.24) is 20.1 Å². The number of benzene rings is 2. The number of carboxylic acids is 1. The first-order valence-corrected chi connectivity index (χ1v) is 16.6. The first-order valence-electron chi connectivity index (χ1n) is 15.0. The fraction of sp³-hybridized carbons (Fsp3) is 0.406. The number of H-pyrrole nitrogens is 1. The van der Waals surface area contributed by atoms with Crippen LogP contribution in [0, 0.1) is 0 Å². The summed E-state index contributed by atoms with van der Waals surface area (Å²) in [6.45, 7) is 5.02. The molecule has 238 valence electrons. The van der Waals surface area contributed by atoms with Crippen molar-refractivity contribution < 1.29 is 29.6 Å². The van der Waals surface area contributed by atoms with E-state index in [0.717, 1.165) is 61.6 Å². The molecule has 1 atom stereocenters. The van der Waals surface area contributed by atoms with Crippen LogP contribution in [0.25, 0.3) is 10.2 Å². The molecular weight excluding hydrogens is 617 g/mol. The zero-order valence-corrected chi connectivity index (χ0v) is 26.3. The van der Waals surface area contributed by atoms with Gasteiger partial charge in [-0.3, -0.25) is 14.5 Å². The number of phenolic OH excluding ortho intramolecular Hbond substituents is 1. The number of carbonyl (C=O) groups is 2. The molecule has 13 heteroatoms. The van der Waals surface area contributed by atoms with Gasteiger partial charge < -0.3 is 35.3 Å². The predicted octanol–water partition coefficient (Wildman–Crippen LogP) is 3.43. The smallest absolute Gasteiger partial charge is 0.345 e. The number of piperidine rings is 1. The quantitative estimate of drug-likeness (QED) is 0.162. The molecule has 0 saturated carbocycles. The molecule has 2 saturated heterocycles. The van der Waals surface area contributed by atoms with Crippen LogP contribution < -0.4 is 10.2 Å². The fourth-order valence-electron chi connectivity index (χ4n) is 6.19. The maximum Gasteiger partial charge on any atom is 0.345 e. The van der Waals surface area contributed by atoms with Gasteiger partial charge in [0.2, 0.25) is 0 Å². The van der Waals surface area contributed by atoms with Crippen molar-refractivity contribution in [3.05, 3.63) is 84.6 Å². The van der Waals surface area contributed by atoms with E-state index in [4.69, 9.17) is 4.74 Å². The molecule has 2 aromatic carbocycles. The van der Waals surface area contributed by atoms with Gasteiger partial charge in [-0.05, 0) is 55.1 Å². The van der Waals surface area contributed by atoms with Crippen molar-refractivity contribution in [3.63, 3.8) is 0 Å². The number of ether oxygens (including phenoxy) is 1. The number of aliphatic hydroxyl groups is 1. The number of rotatable bonds is 10. The highest BCUT2D eigenvalue weighted by Crippen LogP contribution is 2.33. The van der Waals surface area contributed by atoms with Gasteiger partial charge in [0.25, 0.3) is 5.91 Å². The van der Waals surface area contributed by atoms with Crippen molar-refractivity contribution in [2.45, 2.75) is 37.5 Å². The minimum absolute atomic E-state index is 0.00883. The predicted molar refractivity (Wildman–Crippen MR) is 172 cm³/mol. The van der Waals surface area contributed by atoms with E-state index < -0.39 is 12.1 Å². The van der Waals surface area contributed by atoms with Crippen molar-refractivity contribution in [1.29, 1.82) is 0 Å². The molecular formula is C32H36N4O7S2. The van der Waals surface area contributed by atoms with Crippen molar-refractivity contribution >= 4 is 44.8 Å². The van der Waals surface area contributed by atoms with Crippen LogP contribution in [0.3, 0.4) is 0 Å². The van der Waals surface area contributed by atoms with E-state index in [1.807, 2.05) is 4.90 Å². The first kappa shape index (κ1) is 31.4. The molecule has 0 radical (unpaired) electrons. The summed E-state index contributed by atoms with van der Waals surface area (Å²) >= 11 is 2.00. The summed E-state index contributed by atoms with van der Waals surface area (Å²) < 4.78 is 6.82. The zero-order valence-electron chi connectivity index (χ0n) is 24.7. The summed E-state index contributed by atoms with van der Waals surface area (Å²) in [5.41, 5.74) is 3.02. The number of carboxylic acid groups (broad SMARTS) is 1. The van der Waals surface area contributed by atoms with E-state index in [0.29, 0.717) is 53.4 Å². The van der Waals surface area contributed by atoms with Crippen LogP contribution in [0.1, 0.15) is 55.0 Å². The Hall–Kier alpha value is -3.59. The van der Waals surface area contributed by atoms with Gasteiger partial charge in [-0.25, -0.2) is 4.79 Å². The average Bonchev–Trinajstić information content (AvgIpc) is 3.69. The van der Waals surface area contributed by atoms with Gasteiger partial charge in [0.15, 0.2) is 0 Å². The Labute approximate surface area is 267 Å². The Kier molecular flexibility index (Phi) is 9.36. The minimum Gasteiger partial charge on any atom is -0.506 e. The number of aromatic carboxylic acids is 1. The number of nitrogens with zero attached hydrogens (tertiary/aromatic N) is 2. The summed E-state index contributed by atoms with van der Waals surface area (Å²) in [5, 5.41) is 33.3. The lowest BCUT2D eigenvalue weighted by molar-refractivity contribution is -0.127. The number of likely N-dealkylation sites (tertiary alicyclic amines) is 1. The molecule has 0 bridgehead atoms. The molecule has 45 heavy (non-hydrogen) atoms. The number of morpholine rings is 1. The van der Waals surface area contributed by atoms with Crippen molar-refractivity contribution in [2.24, 2.45) is 0 Å². The van der Waals surface area contributed by atoms with Crippen LogP contribution >= 0.6 is 22.7 Å². The van der Waals surface area contributed by atoms with Crippen molar-refractivity contribution in [2.75, 3.05) is 45.9 Å². The molecule has 4 heterocycles. The summed E-state index contributed by atoms with van der Waals surface area (Å²) in [4.78, 5) is 43.3. The zero-order chi connectivity index (χ0) is 31.6. The van der Waals surface area contributed by atoms with Gasteiger partial charge in [-0.1, -0.05) is 41.7 Å². The highest BCUT2D eigenvalue weighted by molar-refractivity contribution is 7.16. The molecule has 1 unspecified atom stereocenters. The number of aromatic hydroxyl groups is 1. The number of aromatic nitrogens is 1. The summed E-state index contributed by atoms with van der Waals surface area (Å²) in [6.07, 6.45) is 1.62. The van der Waals surface area contributed by atoms with Gasteiger partial charge in [0.1, 0.15) is 16.1 Å². The summed E-state index contributed by atoms with van der Waals surface area (Å²) in [6, 6.07) is 14.7. The summed E-state index contributed by atoms with van der Waals surface area (Å²) in [5.74, 6) is -1.16. The lowest BCUT2D eigenvalue weighted by Gasteiger charge is -2.47. The molecule has 4 aromatic rings. The van der Waals surface area contributed by atoms with Crippen LogP contribution in [-0.4, -0.2) is 93.5 Å². The van der Waals surface area contributed by atoms with Crippen molar-refractivity contribution in [3.8, 4) is 5.75 Å². The number of thiophene rings is 1. The number of thiazole rings is 1. The maximum absolute atomic E-state index is 13.1. The number of carbonyl (C=O) groups excluding carboxylic acids is 1. The van der Waals surface area contributed by atoms with Crippen LogP contribution in [-0.2, 0) is 17.7 Å². The summed E-state index contributed by atoms with van der Waals surface area (Å²) in [7, 11) is 0. The fourth-order valence-corrected chi connectivity index (χ4v) is 7.92. The van der Waals surface area contributed by atoms with E-state index >= 15 is 0 Å². The largest absolute Gasteiger partial charge is 0.506 e. The number of nitrogens with one attached hydrogen (secondary N) is 2. The Morgan fingerprint density at radius 3 is 2.60 bits per heavy atom. The minimum atomic E-state index is -1.02.